The van der Waals surface area contributed by atoms with Crippen LogP contribution in [0.1, 0.15) is 51.1 Å². The maximum absolute atomic E-state index is 13.4. The van der Waals surface area contributed by atoms with Gasteiger partial charge in [-0.1, -0.05) is 24.1 Å². The topological polar surface area (TPSA) is 90.3 Å². The number of carbonyl (C=O) groups is 2. The molecule has 0 unspecified atom stereocenters. The second-order valence-corrected chi connectivity index (χ2v) is 10.2. The van der Waals surface area contributed by atoms with Crippen molar-refractivity contribution >= 4 is 11.8 Å². The minimum Gasteiger partial charge on any atom is -0.504 e. The number of aliphatic hydroxyl groups is 1. The SMILES string of the molecule is C#CCN1CC[C@]23c4c5ccc(O)c4O[C@H]2[C@H](N2C(=O)c4ccccc4C2=O)CC[C@@]3(O)[C@@H]1C5. The summed E-state index contributed by atoms with van der Waals surface area (Å²) >= 11 is 0. The van der Waals surface area contributed by atoms with Crippen LogP contribution in [0.3, 0.4) is 0 Å². The average molecular weight is 456 g/mol. The van der Waals surface area contributed by atoms with E-state index in [2.05, 4.69) is 10.8 Å². The van der Waals surface area contributed by atoms with Crippen LogP contribution in [0.15, 0.2) is 36.4 Å². The number of imide groups is 1. The minimum atomic E-state index is -1.14. The highest BCUT2D eigenvalue weighted by Gasteiger charge is 2.74. The zero-order valence-corrected chi connectivity index (χ0v) is 18.5. The number of benzene rings is 2. The number of nitrogens with zero attached hydrogens (tertiary/aromatic N) is 2. The monoisotopic (exact) mass is 456 g/mol. The number of piperidine rings is 1. The Bertz CT molecular complexity index is 1300. The number of fused-ring (bicyclic) bond motifs is 1. The van der Waals surface area contributed by atoms with Crippen molar-refractivity contribution in [2.75, 3.05) is 13.1 Å². The lowest BCUT2D eigenvalue weighted by Gasteiger charge is -2.64. The Balaban J connectivity index is 1.40. The zero-order chi connectivity index (χ0) is 23.4. The molecule has 2 aromatic carbocycles. The molecular formula is C27H24N2O5. The van der Waals surface area contributed by atoms with Crippen LogP contribution in [-0.4, -0.2) is 68.7 Å². The molecule has 5 atom stereocenters. The summed E-state index contributed by atoms with van der Waals surface area (Å²) in [7, 11) is 0. The normalized spacial score (nSPS) is 34.9. The van der Waals surface area contributed by atoms with Crippen molar-refractivity contribution in [1.82, 2.24) is 9.80 Å². The lowest BCUT2D eigenvalue weighted by atomic mass is 9.48. The van der Waals surface area contributed by atoms with Crippen LogP contribution < -0.4 is 4.74 Å². The molecule has 1 spiro atoms. The molecule has 0 radical (unpaired) electrons. The predicted octanol–water partition coefficient (Wildman–Crippen LogP) is 1.84. The van der Waals surface area contributed by atoms with Gasteiger partial charge in [-0.05, 0) is 49.4 Å². The average Bonchev–Trinajstić information content (AvgIpc) is 3.31. The number of carbonyl (C=O) groups excluding carboxylic acids is 2. The van der Waals surface area contributed by atoms with E-state index in [1.54, 1.807) is 30.3 Å². The van der Waals surface area contributed by atoms with Gasteiger partial charge in [-0.25, -0.2) is 0 Å². The quantitative estimate of drug-likeness (QED) is 0.530. The molecule has 3 aliphatic heterocycles. The molecule has 0 aromatic heterocycles. The van der Waals surface area contributed by atoms with E-state index in [0.29, 0.717) is 55.6 Å². The third-order valence-electron chi connectivity index (χ3n) is 8.99. The summed E-state index contributed by atoms with van der Waals surface area (Å²) in [6.45, 7) is 1.11. The van der Waals surface area contributed by atoms with Crippen molar-refractivity contribution in [2.45, 2.75) is 54.9 Å². The molecule has 2 N–H and O–H groups in total. The molecule has 1 saturated carbocycles. The first-order valence-corrected chi connectivity index (χ1v) is 11.8. The van der Waals surface area contributed by atoms with Crippen molar-refractivity contribution < 1.29 is 24.5 Å². The van der Waals surface area contributed by atoms with Gasteiger partial charge in [0.2, 0.25) is 0 Å². The third-order valence-corrected chi connectivity index (χ3v) is 8.99. The van der Waals surface area contributed by atoms with Gasteiger partial charge in [0.1, 0.15) is 6.10 Å². The van der Waals surface area contributed by atoms with Gasteiger partial charge in [0.15, 0.2) is 11.5 Å². The molecule has 7 rings (SSSR count). The Kier molecular flexibility index (Phi) is 3.78. The van der Waals surface area contributed by atoms with Crippen molar-refractivity contribution in [3.05, 3.63) is 58.7 Å². The van der Waals surface area contributed by atoms with E-state index in [1.165, 1.54) is 4.90 Å². The lowest BCUT2D eigenvalue weighted by Crippen LogP contribution is -2.78. The molecule has 5 aliphatic rings. The Morgan fingerprint density at radius 1 is 1.12 bits per heavy atom. The number of phenolic OH excluding ortho intramolecular Hbond substituents is 1. The molecule has 7 nitrogen and oxygen atoms in total. The highest BCUT2D eigenvalue weighted by Crippen LogP contribution is 2.66. The Morgan fingerprint density at radius 3 is 2.56 bits per heavy atom. The summed E-state index contributed by atoms with van der Waals surface area (Å²) in [5.74, 6) is 2.49. The molecule has 7 heteroatoms. The van der Waals surface area contributed by atoms with Crippen LogP contribution in [0, 0.1) is 12.3 Å². The van der Waals surface area contributed by atoms with Gasteiger partial charge in [0, 0.05) is 18.2 Å². The van der Waals surface area contributed by atoms with Gasteiger partial charge in [-0.15, -0.1) is 6.42 Å². The number of terminal acetylenes is 1. The maximum Gasteiger partial charge on any atom is 0.261 e. The molecule has 2 aliphatic carbocycles. The number of phenols is 1. The number of amides is 2. The van der Waals surface area contributed by atoms with E-state index in [9.17, 15) is 19.8 Å². The van der Waals surface area contributed by atoms with Crippen LogP contribution in [0.4, 0.5) is 0 Å². The summed E-state index contributed by atoms with van der Waals surface area (Å²) in [6.07, 6.45) is 7.00. The fourth-order valence-corrected chi connectivity index (χ4v) is 7.68. The largest absolute Gasteiger partial charge is 0.504 e. The number of ether oxygens (including phenoxy) is 1. The number of hydrogen-bond donors (Lipinski definition) is 2. The van der Waals surface area contributed by atoms with Crippen LogP contribution in [0.25, 0.3) is 0 Å². The fourth-order valence-electron chi connectivity index (χ4n) is 7.68. The van der Waals surface area contributed by atoms with E-state index in [0.717, 1.165) is 11.1 Å². The number of rotatable bonds is 2. The van der Waals surface area contributed by atoms with Crippen LogP contribution in [0.5, 0.6) is 11.5 Å². The summed E-state index contributed by atoms with van der Waals surface area (Å²) in [5.41, 5.74) is 0.689. The van der Waals surface area contributed by atoms with Crippen LogP contribution in [0.2, 0.25) is 0 Å². The first kappa shape index (κ1) is 20.1. The van der Waals surface area contributed by atoms with Gasteiger partial charge < -0.3 is 14.9 Å². The molecular weight excluding hydrogens is 432 g/mol. The van der Waals surface area contributed by atoms with Crippen LogP contribution in [-0.2, 0) is 11.8 Å². The van der Waals surface area contributed by atoms with Gasteiger partial charge in [-0.2, -0.15) is 0 Å². The van der Waals surface area contributed by atoms with E-state index in [-0.39, 0.29) is 23.6 Å². The number of likely N-dealkylation sites (tertiary alicyclic amines) is 1. The maximum atomic E-state index is 13.4. The van der Waals surface area contributed by atoms with Crippen molar-refractivity contribution in [2.24, 2.45) is 0 Å². The molecule has 34 heavy (non-hydrogen) atoms. The molecule has 2 aromatic rings. The molecule has 1 saturated heterocycles. The van der Waals surface area contributed by atoms with E-state index in [4.69, 9.17) is 11.2 Å². The predicted molar refractivity (Wildman–Crippen MR) is 122 cm³/mol. The summed E-state index contributed by atoms with van der Waals surface area (Å²) < 4.78 is 6.48. The van der Waals surface area contributed by atoms with Gasteiger partial charge in [0.25, 0.3) is 11.8 Å². The smallest absolute Gasteiger partial charge is 0.261 e. The van der Waals surface area contributed by atoms with Crippen LogP contribution >= 0.6 is 0 Å². The summed E-state index contributed by atoms with van der Waals surface area (Å²) in [6, 6.07) is 9.64. The molecule has 2 amide bonds. The first-order chi connectivity index (χ1) is 16.4. The van der Waals surface area contributed by atoms with Gasteiger partial charge in [0.05, 0.1) is 34.7 Å². The van der Waals surface area contributed by atoms with Crippen molar-refractivity contribution in [3.8, 4) is 23.8 Å². The second kappa shape index (κ2) is 6.41. The fraction of sp³-hybridized carbons (Fsp3) is 0.407. The zero-order valence-electron chi connectivity index (χ0n) is 18.5. The lowest BCUT2D eigenvalue weighted by molar-refractivity contribution is -0.193. The molecule has 172 valence electrons. The van der Waals surface area contributed by atoms with E-state index < -0.39 is 23.2 Å². The van der Waals surface area contributed by atoms with Gasteiger partial charge >= 0.3 is 0 Å². The van der Waals surface area contributed by atoms with Gasteiger partial charge in [-0.3, -0.25) is 19.4 Å². The second-order valence-electron chi connectivity index (χ2n) is 10.2. The van der Waals surface area contributed by atoms with E-state index in [1.807, 2.05) is 6.07 Å². The Labute approximate surface area is 196 Å². The Hall–Kier alpha value is -3.34. The summed E-state index contributed by atoms with van der Waals surface area (Å²) in [4.78, 5) is 30.3. The minimum absolute atomic E-state index is 0.0236. The van der Waals surface area contributed by atoms with Crippen molar-refractivity contribution in [1.29, 1.82) is 0 Å². The first-order valence-electron chi connectivity index (χ1n) is 11.8. The molecule has 2 fully saturated rings. The van der Waals surface area contributed by atoms with E-state index >= 15 is 0 Å². The highest BCUT2D eigenvalue weighted by atomic mass is 16.5. The highest BCUT2D eigenvalue weighted by molar-refractivity contribution is 6.21. The number of hydrogen-bond acceptors (Lipinski definition) is 6. The summed E-state index contributed by atoms with van der Waals surface area (Å²) in [5, 5.41) is 23.1. The molecule has 3 heterocycles. The van der Waals surface area contributed by atoms with Crippen molar-refractivity contribution in [3.63, 3.8) is 0 Å². The Morgan fingerprint density at radius 2 is 1.85 bits per heavy atom. The number of aromatic hydroxyl groups is 1. The molecule has 2 bridgehead atoms. The standard InChI is InChI=1S/C27H24N2O5/c1-2-12-28-13-11-26-21-15-7-8-19(30)22(21)34-23(26)18(9-10-27(26,33)20(28)14-15)29-24(31)16-5-3-4-6-17(16)25(29)32/h1,3-8,18,20,23,30,33H,9-14H2/t18-,20+,23+,26+,27-/m1/s1. The third kappa shape index (κ3) is 2.08.